The van der Waals surface area contributed by atoms with E-state index in [1.807, 2.05) is 11.8 Å². The molecule has 0 bridgehead atoms. The van der Waals surface area contributed by atoms with Crippen LogP contribution in [0, 0.1) is 0 Å². The Hall–Kier alpha value is -1.56. The monoisotopic (exact) mass is 297 g/mol. The van der Waals surface area contributed by atoms with E-state index in [9.17, 15) is 13.2 Å². The Balaban J connectivity index is 2.22. The number of rotatable bonds is 5. The van der Waals surface area contributed by atoms with Crippen molar-refractivity contribution in [1.29, 1.82) is 0 Å². The van der Waals surface area contributed by atoms with Crippen LogP contribution in [0.15, 0.2) is 29.2 Å². The average molecular weight is 297 g/mol. The maximum atomic E-state index is 11.9. The lowest BCUT2D eigenvalue weighted by atomic mass is 10.2. The third-order valence-electron chi connectivity index (χ3n) is 3.54. The van der Waals surface area contributed by atoms with Crippen molar-refractivity contribution in [2.24, 2.45) is 0 Å². The molecular weight excluding hydrogens is 278 g/mol. The standard InChI is InChI=1S/C14H19NO4S/c1-2-10-20(18,19)12-7-5-11(6-8-12)15-9-3-4-13(15)14(16)17/h5-8,13H,2-4,9-10H2,1H3,(H,16,17). The number of carboxylic acid groups (broad SMARTS) is 1. The zero-order chi connectivity index (χ0) is 14.8. The maximum Gasteiger partial charge on any atom is 0.326 e. The topological polar surface area (TPSA) is 74.7 Å². The predicted molar refractivity (Wildman–Crippen MR) is 76.8 cm³/mol. The molecule has 0 radical (unpaired) electrons. The van der Waals surface area contributed by atoms with Crippen LogP contribution in [-0.4, -0.2) is 37.8 Å². The van der Waals surface area contributed by atoms with Crippen molar-refractivity contribution in [1.82, 2.24) is 0 Å². The number of hydrogen-bond acceptors (Lipinski definition) is 4. The summed E-state index contributed by atoms with van der Waals surface area (Å²) in [6.07, 6.45) is 2.05. The van der Waals surface area contributed by atoms with Gasteiger partial charge < -0.3 is 10.0 Å². The molecule has 1 aromatic rings. The molecule has 1 aromatic carbocycles. The minimum absolute atomic E-state index is 0.133. The van der Waals surface area contributed by atoms with Gasteiger partial charge in [0.1, 0.15) is 6.04 Å². The molecule has 0 amide bonds. The third-order valence-corrected chi connectivity index (χ3v) is 5.47. The molecule has 6 heteroatoms. The largest absolute Gasteiger partial charge is 0.480 e. The molecule has 2 rings (SSSR count). The van der Waals surface area contributed by atoms with Crippen molar-refractivity contribution in [2.75, 3.05) is 17.2 Å². The number of anilines is 1. The Kier molecular flexibility index (Phi) is 4.32. The van der Waals surface area contributed by atoms with E-state index in [2.05, 4.69) is 0 Å². The fraction of sp³-hybridized carbons (Fsp3) is 0.500. The van der Waals surface area contributed by atoms with Crippen LogP contribution in [-0.2, 0) is 14.6 Å². The Morgan fingerprint density at radius 3 is 2.55 bits per heavy atom. The molecule has 110 valence electrons. The normalized spacial score (nSPS) is 19.2. The number of hydrogen-bond donors (Lipinski definition) is 1. The summed E-state index contributed by atoms with van der Waals surface area (Å²) in [4.78, 5) is 13.3. The highest BCUT2D eigenvalue weighted by Gasteiger charge is 2.30. The van der Waals surface area contributed by atoms with Crippen LogP contribution in [0.1, 0.15) is 26.2 Å². The maximum absolute atomic E-state index is 11.9. The van der Waals surface area contributed by atoms with Crippen LogP contribution < -0.4 is 4.90 Å². The second-order valence-corrected chi connectivity index (χ2v) is 7.11. The van der Waals surface area contributed by atoms with Gasteiger partial charge in [0.25, 0.3) is 0 Å². The molecule has 0 saturated carbocycles. The fourth-order valence-electron chi connectivity index (χ4n) is 2.56. The third kappa shape index (κ3) is 2.95. The molecule has 0 spiro atoms. The second kappa shape index (κ2) is 5.83. The van der Waals surface area contributed by atoms with Crippen LogP contribution in [0.4, 0.5) is 5.69 Å². The quantitative estimate of drug-likeness (QED) is 0.898. The Morgan fingerprint density at radius 2 is 2.00 bits per heavy atom. The van der Waals surface area contributed by atoms with Gasteiger partial charge in [-0.1, -0.05) is 6.92 Å². The molecule has 0 aromatic heterocycles. The summed E-state index contributed by atoms with van der Waals surface area (Å²) in [6.45, 7) is 2.52. The molecule has 1 aliphatic rings. The summed E-state index contributed by atoms with van der Waals surface area (Å²) >= 11 is 0. The predicted octanol–water partition coefficient (Wildman–Crippen LogP) is 1.92. The highest BCUT2D eigenvalue weighted by molar-refractivity contribution is 7.91. The number of nitrogens with zero attached hydrogens (tertiary/aromatic N) is 1. The summed E-state index contributed by atoms with van der Waals surface area (Å²) in [6, 6.07) is 6.02. The van der Waals surface area contributed by atoms with E-state index in [-0.39, 0.29) is 5.75 Å². The highest BCUT2D eigenvalue weighted by atomic mass is 32.2. The van der Waals surface area contributed by atoms with Crippen molar-refractivity contribution in [3.63, 3.8) is 0 Å². The lowest BCUT2D eigenvalue weighted by Gasteiger charge is -2.23. The summed E-state index contributed by atoms with van der Waals surface area (Å²) in [7, 11) is -3.22. The second-order valence-electron chi connectivity index (χ2n) is 5.00. The molecule has 1 aliphatic heterocycles. The van der Waals surface area contributed by atoms with E-state index in [1.165, 1.54) is 0 Å². The number of carbonyl (C=O) groups is 1. The van der Waals surface area contributed by atoms with Crippen LogP contribution >= 0.6 is 0 Å². The van der Waals surface area contributed by atoms with Gasteiger partial charge in [-0.25, -0.2) is 13.2 Å². The lowest BCUT2D eigenvalue weighted by molar-refractivity contribution is -0.138. The molecule has 1 unspecified atom stereocenters. The van der Waals surface area contributed by atoms with Crippen molar-refractivity contribution in [3.05, 3.63) is 24.3 Å². The minimum Gasteiger partial charge on any atom is -0.480 e. The van der Waals surface area contributed by atoms with Gasteiger partial charge in [0.2, 0.25) is 0 Å². The molecule has 5 nitrogen and oxygen atoms in total. The number of benzene rings is 1. The van der Waals surface area contributed by atoms with Crippen LogP contribution in [0.25, 0.3) is 0 Å². The summed E-state index contributed by atoms with van der Waals surface area (Å²) < 4.78 is 23.9. The SMILES string of the molecule is CCCS(=O)(=O)c1ccc(N2CCCC2C(=O)O)cc1. The van der Waals surface area contributed by atoms with Crippen LogP contribution in [0.2, 0.25) is 0 Å². The number of carboxylic acids is 1. The van der Waals surface area contributed by atoms with Crippen molar-refractivity contribution in [2.45, 2.75) is 37.1 Å². The first-order chi connectivity index (χ1) is 9.45. The van der Waals surface area contributed by atoms with E-state index in [0.29, 0.717) is 24.3 Å². The molecule has 1 N–H and O–H groups in total. The van der Waals surface area contributed by atoms with E-state index < -0.39 is 21.8 Å². The fourth-order valence-corrected chi connectivity index (χ4v) is 3.89. The molecule has 1 heterocycles. The molecule has 1 saturated heterocycles. The van der Waals surface area contributed by atoms with Gasteiger partial charge in [0.05, 0.1) is 10.6 Å². The first-order valence-electron chi connectivity index (χ1n) is 6.78. The molecule has 0 aliphatic carbocycles. The number of sulfone groups is 1. The van der Waals surface area contributed by atoms with Crippen molar-refractivity contribution < 1.29 is 18.3 Å². The molecule has 1 atom stereocenters. The van der Waals surface area contributed by atoms with Crippen molar-refractivity contribution in [3.8, 4) is 0 Å². The molecule has 1 fully saturated rings. The molecule has 20 heavy (non-hydrogen) atoms. The first-order valence-corrected chi connectivity index (χ1v) is 8.43. The van der Waals surface area contributed by atoms with Crippen LogP contribution in [0.5, 0.6) is 0 Å². The summed E-state index contributed by atoms with van der Waals surface area (Å²) in [5, 5.41) is 9.16. The van der Waals surface area contributed by atoms with Gasteiger partial charge in [-0.15, -0.1) is 0 Å². The van der Waals surface area contributed by atoms with E-state index >= 15 is 0 Å². The lowest BCUT2D eigenvalue weighted by Crippen LogP contribution is -2.35. The smallest absolute Gasteiger partial charge is 0.326 e. The summed E-state index contributed by atoms with van der Waals surface area (Å²) in [5.41, 5.74) is 0.769. The highest BCUT2D eigenvalue weighted by Crippen LogP contribution is 2.27. The Labute approximate surface area is 119 Å². The Morgan fingerprint density at radius 1 is 1.35 bits per heavy atom. The van der Waals surface area contributed by atoms with E-state index in [0.717, 1.165) is 12.1 Å². The van der Waals surface area contributed by atoms with Gasteiger partial charge in [0.15, 0.2) is 9.84 Å². The van der Waals surface area contributed by atoms with Gasteiger partial charge in [0, 0.05) is 12.2 Å². The van der Waals surface area contributed by atoms with Gasteiger partial charge in [-0.3, -0.25) is 0 Å². The van der Waals surface area contributed by atoms with E-state index in [4.69, 9.17) is 5.11 Å². The number of aliphatic carboxylic acids is 1. The van der Waals surface area contributed by atoms with E-state index in [1.54, 1.807) is 24.3 Å². The zero-order valence-electron chi connectivity index (χ0n) is 11.4. The van der Waals surface area contributed by atoms with Crippen LogP contribution in [0.3, 0.4) is 0 Å². The first kappa shape index (κ1) is 14.8. The average Bonchev–Trinajstić information content (AvgIpc) is 2.88. The van der Waals surface area contributed by atoms with Gasteiger partial charge >= 0.3 is 5.97 Å². The summed E-state index contributed by atoms with van der Waals surface area (Å²) in [5.74, 6) is -0.696. The minimum atomic E-state index is -3.22. The zero-order valence-corrected chi connectivity index (χ0v) is 12.3. The van der Waals surface area contributed by atoms with Gasteiger partial charge in [-0.2, -0.15) is 0 Å². The van der Waals surface area contributed by atoms with Gasteiger partial charge in [-0.05, 0) is 43.5 Å². The van der Waals surface area contributed by atoms with Crippen molar-refractivity contribution >= 4 is 21.5 Å². The Bertz CT molecular complexity index is 580. The molecular formula is C14H19NO4S.